The second-order valence-corrected chi connectivity index (χ2v) is 7.00. The number of fused-ring (bicyclic) bond motifs is 1. The van der Waals surface area contributed by atoms with Crippen LogP contribution in [0.5, 0.6) is 5.75 Å². The lowest BCUT2D eigenvalue weighted by molar-refractivity contribution is -0.274. The Morgan fingerprint density at radius 2 is 1.90 bits per heavy atom. The number of rotatable bonds is 5. The van der Waals surface area contributed by atoms with Crippen LogP contribution in [-0.4, -0.2) is 34.1 Å². The molecule has 2 N–H and O–H groups in total. The van der Waals surface area contributed by atoms with Crippen molar-refractivity contribution >= 4 is 28.4 Å². The van der Waals surface area contributed by atoms with Crippen LogP contribution in [-0.2, 0) is 16.1 Å². The number of carbonyl (C=O) groups is 2. The lowest BCUT2D eigenvalue weighted by Crippen LogP contribution is -2.41. The van der Waals surface area contributed by atoms with Gasteiger partial charge in [-0.1, -0.05) is 18.2 Å². The fourth-order valence-electron chi connectivity index (χ4n) is 3.62. The van der Waals surface area contributed by atoms with Gasteiger partial charge in [-0.25, -0.2) is 0 Å². The van der Waals surface area contributed by atoms with E-state index in [0.717, 1.165) is 28.6 Å². The maximum Gasteiger partial charge on any atom is 0.573 e. The van der Waals surface area contributed by atoms with Crippen molar-refractivity contribution in [1.82, 2.24) is 9.88 Å². The summed E-state index contributed by atoms with van der Waals surface area (Å²) in [6, 6.07) is 11.9. The first-order chi connectivity index (χ1) is 14.3. The zero-order valence-corrected chi connectivity index (χ0v) is 15.7. The minimum atomic E-state index is -4.78. The lowest BCUT2D eigenvalue weighted by atomic mass is 10.1. The van der Waals surface area contributed by atoms with Crippen LogP contribution in [0, 0.1) is 0 Å². The minimum Gasteiger partial charge on any atom is -0.406 e. The molecule has 2 heterocycles. The van der Waals surface area contributed by atoms with Crippen molar-refractivity contribution in [1.29, 1.82) is 0 Å². The van der Waals surface area contributed by atoms with Crippen LogP contribution in [0.1, 0.15) is 18.4 Å². The number of H-pyrrole nitrogens is 1. The molecule has 1 atom stereocenters. The molecule has 1 aromatic heterocycles. The maximum atomic E-state index is 12.8. The molecule has 2 amide bonds. The normalized spacial score (nSPS) is 16.8. The summed E-state index contributed by atoms with van der Waals surface area (Å²) < 4.78 is 40.6. The Morgan fingerprint density at radius 3 is 2.63 bits per heavy atom. The molecule has 0 saturated carbocycles. The molecule has 1 saturated heterocycles. The summed E-state index contributed by atoms with van der Waals surface area (Å²) in [6.45, 7) is 0.291. The first kappa shape index (κ1) is 19.8. The largest absolute Gasteiger partial charge is 0.573 e. The van der Waals surface area contributed by atoms with Crippen LogP contribution in [0.25, 0.3) is 10.9 Å². The smallest absolute Gasteiger partial charge is 0.406 e. The first-order valence-electron chi connectivity index (χ1n) is 9.31. The number of benzene rings is 2. The highest BCUT2D eigenvalue weighted by Crippen LogP contribution is 2.27. The van der Waals surface area contributed by atoms with E-state index < -0.39 is 12.4 Å². The van der Waals surface area contributed by atoms with Gasteiger partial charge in [0.1, 0.15) is 11.8 Å². The molecule has 0 bridgehead atoms. The third-order valence-corrected chi connectivity index (χ3v) is 5.00. The van der Waals surface area contributed by atoms with Crippen LogP contribution < -0.4 is 10.1 Å². The molecule has 1 unspecified atom stereocenters. The molecule has 9 heteroatoms. The van der Waals surface area contributed by atoms with E-state index >= 15 is 0 Å². The SMILES string of the molecule is O=C(Nc1ccc(OC(F)(F)F)cc1)C1CCC(=O)N1Cc1c[nH]c2ccccc12. The highest BCUT2D eigenvalue weighted by molar-refractivity contribution is 5.99. The molecule has 156 valence electrons. The quantitative estimate of drug-likeness (QED) is 0.654. The number of anilines is 1. The summed E-state index contributed by atoms with van der Waals surface area (Å²) in [4.78, 5) is 29.8. The van der Waals surface area contributed by atoms with Crippen molar-refractivity contribution in [2.45, 2.75) is 31.8 Å². The highest BCUT2D eigenvalue weighted by atomic mass is 19.4. The number of nitrogens with zero attached hydrogens (tertiary/aromatic N) is 1. The number of halogens is 3. The number of hydrogen-bond donors (Lipinski definition) is 2. The number of alkyl halides is 3. The van der Waals surface area contributed by atoms with E-state index in [1.54, 1.807) is 0 Å². The number of aromatic amines is 1. The van der Waals surface area contributed by atoms with Crippen molar-refractivity contribution < 1.29 is 27.5 Å². The predicted molar refractivity (Wildman–Crippen MR) is 104 cm³/mol. The van der Waals surface area contributed by atoms with Gasteiger partial charge in [0, 0.05) is 35.8 Å². The van der Waals surface area contributed by atoms with E-state index in [0.29, 0.717) is 18.7 Å². The topological polar surface area (TPSA) is 74.4 Å². The fourth-order valence-corrected chi connectivity index (χ4v) is 3.62. The Labute approximate surface area is 169 Å². The van der Waals surface area contributed by atoms with Crippen LogP contribution in [0.3, 0.4) is 0 Å². The molecule has 4 rings (SSSR count). The lowest BCUT2D eigenvalue weighted by Gasteiger charge is -2.24. The first-order valence-corrected chi connectivity index (χ1v) is 9.31. The number of nitrogens with one attached hydrogen (secondary N) is 2. The third-order valence-electron chi connectivity index (χ3n) is 5.00. The van der Waals surface area contributed by atoms with Crippen molar-refractivity contribution in [3.63, 3.8) is 0 Å². The third kappa shape index (κ3) is 4.24. The number of ether oxygens (including phenoxy) is 1. The predicted octanol–water partition coefficient (Wildman–Crippen LogP) is 4.20. The standard InChI is InChI=1S/C21H18F3N3O3/c22-21(23,24)30-15-7-5-14(6-8-15)26-20(29)18-9-10-19(28)27(18)12-13-11-25-17-4-2-1-3-16(13)17/h1-8,11,18,25H,9-10,12H2,(H,26,29). The molecule has 2 aromatic carbocycles. The maximum absolute atomic E-state index is 12.8. The van der Waals surface area contributed by atoms with Gasteiger partial charge < -0.3 is 19.9 Å². The number of hydrogen-bond acceptors (Lipinski definition) is 3. The van der Waals surface area contributed by atoms with Gasteiger partial charge in [-0.3, -0.25) is 9.59 Å². The van der Waals surface area contributed by atoms with Crippen LogP contribution in [0.4, 0.5) is 18.9 Å². The molecular weight excluding hydrogens is 399 g/mol. The summed E-state index contributed by atoms with van der Waals surface area (Å²) in [5.41, 5.74) is 2.18. The molecule has 0 spiro atoms. The van der Waals surface area contributed by atoms with E-state index in [9.17, 15) is 22.8 Å². The van der Waals surface area contributed by atoms with Crippen molar-refractivity contribution in [2.24, 2.45) is 0 Å². The second kappa shape index (κ2) is 7.74. The van der Waals surface area contributed by atoms with Crippen LogP contribution >= 0.6 is 0 Å². The number of carbonyl (C=O) groups excluding carboxylic acids is 2. The molecular formula is C21H18F3N3O3. The van der Waals surface area contributed by atoms with Gasteiger partial charge in [0.05, 0.1) is 0 Å². The Hall–Kier alpha value is -3.49. The number of amides is 2. The van der Waals surface area contributed by atoms with E-state index in [-0.39, 0.29) is 24.0 Å². The van der Waals surface area contributed by atoms with Crippen molar-refractivity contribution in [3.8, 4) is 5.75 Å². The minimum absolute atomic E-state index is 0.116. The Bertz CT molecular complexity index is 1080. The van der Waals surface area contributed by atoms with Crippen molar-refractivity contribution in [2.75, 3.05) is 5.32 Å². The van der Waals surface area contributed by atoms with Gasteiger partial charge in [0.2, 0.25) is 11.8 Å². The van der Waals surface area contributed by atoms with Gasteiger partial charge in [-0.05, 0) is 42.3 Å². The molecule has 30 heavy (non-hydrogen) atoms. The summed E-state index contributed by atoms with van der Waals surface area (Å²) >= 11 is 0. The van der Waals surface area contributed by atoms with E-state index in [1.165, 1.54) is 17.0 Å². The van der Waals surface area contributed by atoms with Gasteiger partial charge >= 0.3 is 6.36 Å². The zero-order valence-electron chi connectivity index (χ0n) is 15.7. The monoisotopic (exact) mass is 417 g/mol. The van der Waals surface area contributed by atoms with Crippen LogP contribution in [0.2, 0.25) is 0 Å². The Balaban J connectivity index is 1.45. The summed E-state index contributed by atoms with van der Waals surface area (Å²) in [5, 5.41) is 3.65. The summed E-state index contributed by atoms with van der Waals surface area (Å²) in [5.74, 6) is -0.878. The van der Waals surface area contributed by atoms with E-state index in [2.05, 4.69) is 15.0 Å². The molecule has 3 aromatic rings. The second-order valence-electron chi connectivity index (χ2n) is 7.00. The molecule has 6 nitrogen and oxygen atoms in total. The number of para-hydroxylation sites is 1. The molecule has 1 aliphatic heterocycles. The Morgan fingerprint density at radius 1 is 1.17 bits per heavy atom. The average molecular weight is 417 g/mol. The van der Waals surface area contributed by atoms with Gasteiger partial charge in [-0.15, -0.1) is 13.2 Å². The highest BCUT2D eigenvalue weighted by Gasteiger charge is 2.36. The van der Waals surface area contributed by atoms with E-state index in [1.807, 2.05) is 30.5 Å². The zero-order chi connectivity index (χ0) is 21.3. The number of aromatic nitrogens is 1. The van der Waals surface area contributed by atoms with E-state index in [4.69, 9.17) is 0 Å². The summed E-state index contributed by atoms with van der Waals surface area (Å²) in [7, 11) is 0. The van der Waals surface area contributed by atoms with Gasteiger partial charge in [0.15, 0.2) is 0 Å². The van der Waals surface area contributed by atoms with Crippen LogP contribution in [0.15, 0.2) is 54.7 Å². The molecule has 1 fully saturated rings. The van der Waals surface area contributed by atoms with Crippen molar-refractivity contribution in [3.05, 3.63) is 60.3 Å². The summed E-state index contributed by atoms with van der Waals surface area (Å²) in [6.07, 6.45) is -2.32. The van der Waals surface area contributed by atoms with Gasteiger partial charge in [0.25, 0.3) is 0 Å². The molecule has 0 aliphatic carbocycles. The number of likely N-dealkylation sites (tertiary alicyclic amines) is 1. The molecule has 0 radical (unpaired) electrons. The van der Waals surface area contributed by atoms with Gasteiger partial charge in [-0.2, -0.15) is 0 Å². The fraction of sp³-hybridized carbons (Fsp3) is 0.238. The average Bonchev–Trinajstić information content (AvgIpc) is 3.27. The molecule has 1 aliphatic rings. The Kier molecular flexibility index (Phi) is 5.11.